The van der Waals surface area contributed by atoms with Crippen LogP contribution in [0.3, 0.4) is 0 Å². The van der Waals surface area contributed by atoms with Gasteiger partial charge in [-0.1, -0.05) is 11.6 Å². The largest absolute Gasteiger partial charge is 0.389 e. The van der Waals surface area contributed by atoms with E-state index >= 15 is 0 Å². The lowest BCUT2D eigenvalue weighted by molar-refractivity contribution is -0.134. The Hall–Kier alpha value is -1.76. The Morgan fingerprint density at radius 1 is 1.23 bits per heavy atom. The van der Waals surface area contributed by atoms with Gasteiger partial charge >= 0.3 is 11.9 Å². The number of nitrogens with zero attached hydrogens (tertiary/aromatic N) is 2. The van der Waals surface area contributed by atoms with E-state index in [9.17, 15) is 26.4 Å². The first kappa shape index (κ1) is 23.9. The first-order valence-electron chi connectivity index (χ1n) is 8.90. The molecule has 2 heterocycles. The third-order valence-electron chi connectivity index (χ3n) is 4.32. The van der Waals surface area contributed by atoms with Crippen molar-refractivity contribution in [1.29, 1.82) is 0 Å². The second kappa shape index (κ2) is 9.00. The molecule has 31 heavy (non-hydrogen) atoms. The number of hydrogen-bond donors (Lipinski definition) is 1. The zero-order chi connectivity index (χ0) is 23.0. The summed E-state index contributed by atoms with van der Waals surface area (Å²) in [5.74, 6) is -0.0192. The van der Waals surface area contributed by atoms with Crippen LogP contribution in [-0.2, 0) is 10.0 Å². The van der Waals surface area contributed by atoms with Crippen LogP contribution in [-0.4, -0.2) is 29.9 Å². The summed E-state index contributed by atoms with van der Waals surface area (Å²) in [7, 11) is -4.07. The number of halogens is 4. The van der Waals surface area contributed by atoms with Crippen LogP contribution >= 0.6 is 34.7 Å². The van der Waals surface area contributed by atoms with Crippen molar-refractivity contribution in [2.45, 2.75) is 42.0 Å². The number of fused-ring (bicyclic) bond motifs is 1. The Labute approximate surface area is 189 Å². The molecule has 0 amide bonds. The van der Waals surface area contributed by atoms with Gasteiger partial charge in [-0.15, -0.1) is 23.1 Å². The summed E-state index contributed by atoms with van der Waals surface area (Å²) in [4.78, 5) is 17.1. The number of nitrogens with one attached hydrogen (secondary N) is 1. The molecule has 0 aromatic heterocycles. The number of rotatable bonds is 7. The molecule has 168 valence electrons. The summed E-state index contributed by atoms with van der Waals surface area (Å²) < 4.78 is 67.0. The van der Waals surface area contributed by atoms with Crippen LogP contribution in [0.4, 0.5) is 19.0 Å². The van der Waals surface area contributed by atoms with Gasteiger partial charge in [-0.25, -0.2) is 13.2 Å². The highest BCUT2D eigenvalue weighted by molar-refractivity contribution is 8.01. The Kier molecular flexibility index (Phi) is 6.94. The fraction of sp³-hybridized carbons (Fsp3) is 0.333. The maximum absolute atomic E-state index is 12.8. The van der Waals surface area contributed by atoms with Gasteiger partial charge in [-0.3, -0.25) is 9.29 Å². The smallest absolute Gasteiger partial charge is 0.261 e. The minimum atomic E-state index is -4.25. The first-order chi connectivity index (χ1) is 14.4. The zero-order valence-corrected chi connectivity index (χ0v) is 19.5. The second-order valence-electron chi connectivity index (χ2n) is 6.58. The molecule has 0 unspecified atom stereocenters. The van der Waals surface area contributed by atoms with E-state index in [1.54, 1.807) is 13.8 Å². The summed E-state index contributed by atoms with van der Waals surface area (Å²) in [6, 6.07) is 5.45. The molecule has 0 spiro atoms. The molecule has 0 fully saturated rings. The highest BCUT2D eigenvalue weighted by Crippen LogP contribution is 2.39. The number of alkyl halides is 3. The summed E-state index contributed by atoms with van der Waals surface area (Å²) in [6.45, 7) is 3.47. The maximum atomic E-state index is 12.8. The van der Waals surface area contributed by atoms with E-state index in [0.29, 0.717) is 14.9 Å². The van der Waals surface area contributed by atoms with Crippen molar-refractivity contribution in [1.82, 2.24) is 9.55 Å². The highest BCUT2D eigenvalue weighted by Gasteiger charge is 2.28. The van der Waals surface area contributed by atoms with Crippen molar-refractivity contribution in [2.24, 2.45) is 0 Å². The van der Waals surface area contributed by atoms with E-state index in [2.05, 4.69) is 9.71 Å². The molecule has 0 atom stereocenters. The Bertz CT molecular complexity index is 1220. The fourth-order valence-corrected chi connectivity index (χ4v) is 6.32. The van der Waals surface area contributed by atoms with Gasteiger partial charge in [0.25, 0.3) is 10.0 Å². The predicted octanol–water partition coefficient (Wildman–Crippen LogP) is 5.24. The van der Waals surface area contributed by atoms with Gasteiger partial charge in [-0.05, 0) is 50.3 Å². The molecule has 1 aromatic rings. The number of aromatic nitrogens is 2. The lowest BCUT2D eigenvalue weighted by Gasteiger charge is -2.16. The van der Waals surface area contributed by atoms with Crippen LogP contribution in [0.1, 0.15) is 23.4 Å². The zero-order valence-electron chi connectivity index (χ0n) is 16.3. The normalized spacial score (nSPS) is 12.5. The molecule has 13 heteroatoms. The van der Waals surface area contributed by atoms with Crippen molar-refractivity contribution in [3.63, 3.8) is 0 Å². The molecular weight excluding hydrogens is 495 g/mol. The molecule has 1 aromatic carbocycles. The number of hydrogen-bond acceptors (Lipinski definition) is 6. The molecule has 0 bridgehead atoms. The molecule has 6 nitrogen and oxygen atoms in total. The second-order valence-corrected chi connectivity index (χ2v) is 11.3. The van der Waals surface area contributed by atoms with Crippen LogP contribution < -0.4 is 10.4 Å². The Balaban J connectivity index is 1.98. The van der Waals surface area contributed by atoms with Gasteiger partial charge in [0.15, 0.2) is 5.82 Å². The van der Waals surface area contributed by atoms with Gasteiger partial charge in [0.2, 0.25) is 0 Å². The number of imidazole rings is 1. The number of thioether (sulfide) groups is 1. The van der Waals surface area contributed by atoms with E-state index in [4.69, 9.17) is 11.6 Å². The van der Waals surface area contributed by atoms with Crippen molar-refractivity contribution in [2.75, 3.05) is 10.5 Å². The standard InChI is InChI=1S/C18H17ClF3N3O3S3/c1-10-11(2)30-16(29-9-3-8-18(20,21)22)14-15(23-17(26)25(10)14)24-31(27,28)13-6-4-12(19)5-7-13/h4-7H,3,8-9H2,1-2H3,(H,23,24,26). The summed E-state index contributed by atoms with van der Waals surface area (Å²) in [6.07, 6.45) is -5.28. The number of anilines is 1. The van der Waals surface area contributed by atoms with E-state index in [-0.39, 0.29) is 28.6 Å². The van der Waals surface area contributed by atoms with Crippen LogP contribution in [0.25, 0.3) is 5.69 Å². The van der Waals surface area contributed by atoms with Crippen molar-refractivity contribution < 1.29 is 21.6 Å². The van der Waals surface area contributed by atoms with E-state index in [1.165, 1.54) is 40.2 Å². The molecule has 1 N–H and O–H groups in total. The lowest BCUT2D eigenvalue weighted by Crippen LogP contribution is -2.17. The van der Waals surface area contributed by atoms with Crippen LogP contribution in [0.5, 0.6) is 0 Å². The topological polar surface area (TPSA) is 81.1 Å². The van der Waals surface area contributed by atoms with Gasteiger partial charge in [0.05, 0.1) is 9.10 Å². The van der Waals surface area contributed by atoms with E-state index in [1.807, 2.05) is 0 Å². The van der Waals surface area contributed by atoms with Gasteiger partial charge < -0.3 is 0 Å². The number of aryl methyl sites for hydroxylation is 1. The maximum Gasteiger partial charge on any atom is 0.389 e. The molecule has 0 radical (unpaired) electrons. The fourth-order valence-electron chi connectivity index (χ4n) is 2.72. The number of sulfonamides is 1. The monoisotopic (exact) mass is 511 g/mol. The molecule has 0 saturated carbocycles. The van der Waals surface area contributed by atoms with Gasteiger partial charge in [0, 0.05) is 22.0 Å². The van der Waals surface area contributed by atoms with Crippen molar-refractivity contribution >= 4 is 50.5 Å². The SMILES string of the molecule is Cc1sc(SCCCC(F)(F)F)c2c(NS(=O)(=O)c3ccc(Cl)cc3)nc(=O)n-2c1C. The van der Waals surface area contributed by atoms with Crippen LogP contribution in [0, 0.1) is 13.8 Å². The minimum absolute atomic E-state index is 0.0719. The molecule has 0 aliphatic carbocycles. The highest BCUT2D eigenvalue weighted by atomic mass is 35.5. The molecule has 3 rings (SSSR count). The third-order valence-corrected chi connectivity index (χ3v) is 8.46. The molecule has 0 saturated heterocycles. The first-order valence-corrected chi connectivity index (χ1v) is 12.6. The summed E-state index contributed by atoms with van der Waals surface area (Å²) >= 11 is 8.20. The number of benzene rings is 1. The lowest BCUT2D eigenvalue weighted by atomic mass is 10.3. The quantitative estimate of drug-likeness (QED) is 0.346. The average molecular weight is 512 g/mol. The summed E-state index contributed by atoms with van der Waals surface area (Å²) in [5.41, 5.74) is 0.135. The summed E-state index contributed by atoms with van der Waals surface area (Å²) in [5, 5.41) is 0.360. The van der Waals surface area contributed by atoms with Crippen molar-refractivity contribution in [3.8, 4) is 5.69 Å². The van der Waals surface area contributed by atoms with Crippen LogP contribution in [0.15, 0.2) is 38.2 Å². The Morgan fingerprint density at radius 2 is 1.87 bits per heavy atom. The van der Waals surface area contributed by atoms with Crippen LogP contribution in [0.2, 0.25) is 5.02 Å². The third kappa shape index (κ3) is 5.54. The Morgan fingerprint density at radius 3 is 2.48 bits per heavy atom. The van der Waals surface area contributed by atoms with E-state index < -0.39 is 28.3 Å². The molecule has 2 aliphatic rings. The van der Waals surface area contributed by atoms with Gasteiger partial charge in [0.1, 0.15) is 5.69 Å². The van der Waals surface area contributed by atoms with Crippen molar-refractivity contribution in [3.05, 3.63) is 50.3 Å². The van der Waals surface area contributed by atoms with E-state index in [0.717, 1.165) is 16.6 Å². The van der Waals surface area contributed by atoms with Gasteiger partial charge in [-0.2, -0.15) is 18.2 Å². The average Bonchev–Trinajstić information content (AvgIpc) is 2.97. The molecular formula is C18H17ClF3N3O3S3. The molecule has 2 aliphatic heterocycles. The predicted molar refractivity (Wildman–Crippen MR) is 117 cm³/mol. The minimum Gasteiger partial charge on any atom is -0.261 e.